The SMILES string of the molecule is CCOC(=O)C(=CN1CCc2c3ccc(C4CCCCC4)cc3c3n2[C@@H]1CCC3)C(=O)OCC. The summed E-state index contributed by atoms with van der Waals surface area (Å²) in [5.74, 6) is -0.534. The molecule has 6 heteroatoms. The van der Waals surface area contributed by atoms with Crippen molar-refractivity contribution in [3.05, 3.63) is 46.9 Å². The van der Waals surface area contributed by atoms with E-state index in [2.05, 4.69) is 27.7 Å². The van der Waals surface area contributed by atoms with Gasteiger partial charge in [0.05, 0.1) is 13.2 Å². The van der Waals surface area contributed by atoms with Gasteiger partial charge in [0.1, 0.15) is 6.17 Å². The molecule has 0 amide bonds. The lowest BCUT2D eigenvalue weighted by atomic mass is 9.83. The van der Waals surface area contributed by atoms with Gasteiger partial charge >= 0.3 is 11.9 Å². The van der Waals surface area contributed by atoms with Crippen molar-refractivity contribution in [1.29, 1.82) is 0 Å². The molecular formula is C28H36N2O4. The van der Waals surface area contributed by atoms with E-state index in [9.17, 15) is 9.59 Å². The summed E-state index contributed by atoms with van der Waals surface area (Å²) >= 11 is 0. The topological polar surface area (TPSA) is 60.8 Å². The molecule has 182 valence electrons. The van der Waals surface area contributed by atoms with Crippen LogP contribution < -0.4 is 0 Å². The lowest BCUT2D eigenvalue weighted by Gasteiger charge is -2.41. The molecule has 0 radical (unpaired) electrons. The molecule has 0 bridgehead atoms. The zero-order chi connectivity index (χ0) is 23.7. The maximum absolute atomic E-state index is 12.6. The third kappa shape index (κ3) is 4.12. The van der Waals surface area contributed by atoms with Gasteiger partial charge in [0.15, 0.2) is 5.57 Å². The van der Waals surface area contributed by atoms with Gasteiger partial charge in [-0.2, -0.15) is 0 Å². The van der Waals surface area contributed by atoms with Gasteiger partial charge < -0.3 is 18.9 Å². The fourth-order valence-corrected chi connectivity index (χ4v) is 6.24. The van der Waals surface area contributed by atoms with E-state index in [1.54, 1.807) is 20.0 Å². The highest BCUT2D eigenvalue weighted by molar-refractivity contribution is 6.14. The Bertz CT molecular complexity index is 1090. The van der Waals surface area contributed by atoms with Crippen molar-refractivity contribution < 1.29 is 19.1 Å². The molecule has 1 aromatic carbocycles. The molecule has 2 aliphatic heterocycles. The Morgan fingerprint density at radius 2 is 1.62 bits per heavy atom. The van der Waals surface area contributed by atoms with Gasteiger partial charge in [-0.3, -0.25) is 0 Å². The largest absolute Gasteiger partial charge is 0.462 e. The minimum atomic E-state index is -0.613. The van der Waals surface area contributed by atoms with Crippen LogP contribution in [0.15, 0.2) is 30.0 Å². The smallest absolute Gasteiger partial charge is 0.347 e. The number of ether oxygens (including phenoxy) is 2. The molecule has 0 spiro atoms. The summed E-state index contributed by atoms with van der Waals surface area (Å²) < 4.78 is 12.8. The van der Waals surface area contributed by atoms with Crippen LogP contribution in [-0.2, 0) is 31.9 Å². The van der Waals surface area contributed by atoms with Gasteiger partial charge in [0.2, 0.25) is 0 Å². The van der Waals surface area contributed by atoms with Gasteiger partial charge in [0, 0.05) is 41.3 Å². The molecule has 3 aliphatic rings. The van der Waals surface area contributed by atoms with E-state index in [1.165, 1.54) is 59.8 Å². The number of esters is 2. The number of rotatable bonds is 6. The van der Waals surface area contributed by atoms with Crippen LogP contribution in [0.5, 0.6) is 0 Å². The molecule has 1 aliphatic carbocycles. The van der Waals surface area contributed by atoms with E-state index in [1.807, 2.05) is 0 Å². The monoisotopic (exact) mass is 464 g/mol. The first-order chi connectivity index (χ1) is 16.6. The van der Waals surface area contributed by atoms with Crippen molar-refractivity contribution in [3.63, 3.8) is 0 Å². The molecule has 6 nitrogen and oxygen atoms in total. The quantitative estimate of drug-likeness (QED) is 0.248. The minimum absolute atomic E-state index is 0.0180. The number of nitrogens with zero attached hydrogens (tertiary/aromatic N) is 2. The molecule has 1 aromatic heterocycles. The summed E-state index contributed by atoms with van der Waals surface area (Å²) in [5.41, 5.74) is 4.28. The molecular weight excluding hydrogens is 428 g/mol. The van der Waals surface area contributed by atoms with Crippen LogP contribution >= 0.6 is 0 Å². The Morgan fingerprint density at radius 3 is 2.32 bits per heavy atom. The molecule has 1 fully saturated rings. The molecule has 5 rings (SSSR count). The highest BCUT2D eigenvalue weighted by Gasteiger charge is 2.34. The first kappa shape index (κ1) is 23.0. The van der Waals surface area contributed by atoms with Crippen molar-refractivity contribution >= 4 is 22.7 Å². The summed E-state index contributed by atoms with van der Waals surface area (Å²) in [6.07, 6.45) is 12.5. The van der Waals surface area contributed by atoms with Crippen LogP contribution in [0.25, 0.3) is 10.8 Å². The number of fused-ring (bicyclic) bond motifs is 3. The minimum Gasteiger partial charge on any atom is -0.462 e. The third-order valence-corrected chi connectivity index (χ3v) is 7.77. The van der Waals surface area contributed by atoms with Gasteiger partial charge in [0.25, 0.3) is 0 Å². The number of benzene rings is 1. The van der Waals surface area contributed by atoms with Crippen LogP contribution in [0.1, 0.15) is 87.8 Å². The summed E-state index contributed by atoms with van der Waals surface area (Å²) in [7, 11) is 0. The number of carbonyl (C=O) groups excluding carboxylic acids is 2. The van der Waals surface area contributed by atoms with Crippen molar-refractivity contribution in [1.82, 2.24) is 9.47 Å². The fourth-order valence-electron chi connectivity index (χ4n) is 6.24. The van der Waals surface area contributed by atoms with E-state index in [0.717, 1.165) is 32.2 Å². The highest BCUT2D eigenvalue weighted by atomic mass is 16.6. The first-order valence-corrected chi connectivity index (χ1v) is 13.1. The summed E-state index contributed by atoms with van der Waals surface area (Å²) in [6.45, 7) is 4.69. The van der Waals surface area contributed by atoms with E-state index < -0.39 is 11.9 Å². The zero-order valence-corrected chi connectivity index (χ0v) is 20.5. The molecule has 0 unspecified atom stereocenters. The normalized spacial score (nSPS) is 20.1. The highest BCUT2D eigenvalue weighted by Crippen LogP contribution is 2.42. The molecule has 34 heavy (non-hydrogen) atoms. The van der Waals surface area contributed by atoms with Crippen LogP contribution in [0.3, 0.4) is 0 Å². The van der Waals surface area contributed by atoms with Crippen LogP contribution in [0.2, 0.25) is 0 Å². The van der Waals surface area contributed by atoms with E-state index in [0.29, 0.717) is 5.92 Å². The zero-order valence-electron chi connectivity index (χ0n) is 20.5. The third-order valence-electron chi connectivity index (χ3n) is 7.77. The van der Waals surface area contributed by atoms with Crippen LogP contribution in [0.4, 0.5) is 0 Å². The van der Waals surface area contributed by atoms with Crippen molar-refractivity contribution in [3.8, 4) is 0 Å². The van der Waals surface area contributed by atoms with E-state index in [4.69, 9.17) is 9.47 Å². The number of hydrogen-bond acceptors (Lipinski definition) is 5. The lowest BCUT2D eigenvalue weighted by Crippen LogP contribution is -2.39. The van der Waals surface area contributed by atoms with Gasteiger partial charge in [-0.25, -0.2) is 9.59 Å². The molecule has 3 heterocycles. The van der Waals surface area contributed by atoms with E-state index in [-0.39, 0.29) is 25.0 Å². The second kappa shape index (κ2) is 9.85. The maximum atomic E-state index is 12.6. The van der Waals surface area contributed by atoms with Crippen LogP contribution in [0, 0.1) is 0 Å². The van der Waals surface area contributed by atoms with E-state index >= 15 is 0 Å². The summed E-state index contributed by atoms with van der Waals surface area (Å²) in [4.78, 5) is 27.3. The summed E-state index contributed by atoms with van der Waals surface area (Å²) in [6, 6.07) is 7.18. The van der Waals surface area contributed by atoms with Crippen LogP contribution in [-0.4, -0.2) is 41.2 Å². The lowest BCUT2D eigenvalue weighted by molar-refractivity contribution is -0.146. The second-order valence-corrected chi connectivity index (χ2v) is 9.75. The number of carbonyl (C=O) groups is 2. The van der Waals surface area contributed by atoms with Gasteiger partial charge in [-0.05, 0) is 63.5 Å². The number of aryl methyl sites for hydroxylation is 1. The molecule has 1 atom stereocenters. The Kier molecular flexibility index (Phi) is 6.66. The Hall–Kier alpha value is -2.76. The number of aromatic nitrogens is 1. The second-order valence-electron chi connectivity index (χ2n) is 9.75. The molecule has 1 saturated carbocycles. The van der Waals surface area contributed by atoms with Gasteiger partial charge in [-0.15, -0.1) is 0 Å². The average Bonchev–Trinajstić information content (AvgIpc) is 3.19. The Morgan fingerprint density at radius 1 is 0.912 bits per heavy atom. The fraction of sp³-hybridized carbons (Fsp3) is 0.571. The molecule has 2 aromatic rings. The standard InChI is InChI=1S/C28H36N2O4/c1-3-33-27(31)23(28(32)34-4-2)18-29-16-15-25-21-14-13-20(19-9-6-5-7-10-19)17-22(21)24-11-8-12-26(29)30(24)25/h13-14,17-19,26H,3-12,15-16H2,1-2H3/t26-/m1/s1. The Balaban J connectivity index is 1.52. The first-order valence-electron chi connectivity index (χ1n) is 13.1. The average molecular weight is 465 g/mol. The molecule has 0 N–H and O–H groups in total. The molecule has 0 saturated heterocycles. The van der Waals surface area contributed by atoms with Gasteiger partial charge in [-0.1, -0.05) is 31.4 Å². The predicted molar refractivity (Wildman–Crippen MR) is 131 cm³/mol. The predicted octanol–water partition coefficient (Wildman–Crippen LogP) is 5.39. The van der Waals surface area contributed by atoms with Crippen molar-refractivity contribution in [2.75, 3.05) is 19.8 Å². The Labute approximate surface area is 201 Å². The number of hydrogen-bond donors (Lipinski definition) is 0. The van der Waals surface area contributed by atoms with Crippen molar-refractivity contribution in [2.45, 2.75) is 83.7 Å². The van der Waals surface area contributed by atoms with Crippen molar-refractivity contribution in [2.24, 2.45) is 0 Å². The summed E-state index contributed by atoms with van der Waals surface area (Å²) in [5, 5.41) is 2.78. The maximum Gasteiger partial charge on any atom is 0.347 e.